The van der Waals surface area contributed by atoms with E-state index in [4.69, 9.17) is 4.98 Å². The highest BCUT2D eigenvalue weighted by molar-refractivity contribution is 7.22. The fourth-order valence-corrected chi connectivity index (χ4v) is 4.23. The van der Waals surface area contributed by atoms with Gasteiger partial charge in [0.2, 0.25) is 5.91 Å². The van der Waals surface area contributed by atoms with Gasteiger partial charge >= 0.3 is 0 Å². The van der Waals surface area contributed by atoms with Gasteiger partial charge in [0.05, 0.1) is 37.4 Å². The first-order valence-corrected chi connectivity index (χ1v) is 10.3. The number of nitrogens with one attached hydrogen (secondary N) is 1. The topological polar surface area (TPSA) is 37.6 Å². The molecule has 1 amide bonds. The van der Waals surface area contributed by atoms with Crippen molar-refractivity contribution in [3.05, 3.63) is 59.2 Å². The fourth-order valence-electron chi connectivity index (χ4n) is 3.17. The summed E-state index contributed by atoms with van der Waals surface area (Å²) >= 11 is 1.63. The van der Waals surface area contributed by atoms with Crippen molar-refractivity contribution >= 4 is 32.6 Å². The van der Waals surface area contributed by atoms with Crippen LogP contribution in [0.1, 0.15) is 23.1 Å². The van der Waals surface area contributed by atoms with Gasteiger partial charge in [0.25, 0.3) is 0 Å². The second-order valence-electron chi connectivity index (χ2n) is 7.41. The number of nitrogens with zero attached hydrogens (tertiary/aromatic N) is 2. The Hall–Kier alpha value is -2.24. The molecule has 0 saturated heterocycles. The summed E-state index contributed by atoms with van der Waals surface area (Å²) in [5, 5.41) is 0.818. The number of thiazole rings is 1. The lowest BCUT2D eigenvalue weighted by atomic mass is 10.1. The molecule has 142 valence electrons. The first kappa shape index (κ1) is 19.5. The molecule has 0 aliphatic rings. The van der Waals surface area contributed by atoms with Crippen LogP contribution in [0.15, 0.2) is 42.5 Å². The Kier molecular flexibility index (Phi) is 6.24. The van der Waals surface area contributed by atoms with Crippen molar-refractivity contribution in [1.82, 2.24) is 4.98 Å². The minimum atomic E-state index is 0.147. The van der Waals surface area contributed by atoms with Crippen molar-refractivity contribution in [3.63, 3.8) is 0 Å². The number of hydrogen-bond acceptors (Lipinski definition) is 3. The zero-order valence-electron chi connectivity index (χ0n) is 16.6. The molecule has 0 unspecified atom stereocenters. The molecule has 4 nitrogen and oxygen atoms in total. The molecule has 0 aliphatic carbocycles. The van der Waals surface area contributed by atoms with Crippen molar-refractivity contribution in [1.29, 1.82) is 0 Å². The molecule has 2 aromatic carbocycles. The number of aromatic nitrogens is 1. The Bertz CT molecular complexity index is 918. The van der Waals surface area contributed by atoms with E-state index >= 15 is 0 Å². The van der Waals surface area contributed by atoms with Gasteiger partial charge in [0.15, 0.2) is 5.13 Å². The van der Waals surface area contributed by atoms with Crippen LogP contribution < -0.4 is 9.80 Å². The molecular formula is C22H28N3OS+. The zero-order valence-corrected chi connectivity index (χ0v) is 17.4. The number of benzene rings is 2. The average molecular weight is 383 g/mol. The number of hydrogen-bond donors (Lipinski definition) is 1. The highest BCUT2D eigenvalue weighted by Gasteiger charge is 2.21. The second kappa shape index (κ2) is 8.63. The van der Waals surface area contributed by atoms with E-state index in [1.165, 1.54) is 26.3 Å². The summed E-state index contributed by atoms with van der Waals surface area (Å²) < 4.78 is 1.17. The Morgan fingerprint density at radius 3 is 2.59 bits per heavy atom. The van der Waals surface area contributed by atoms with Crippen LogP contribution in [0.4, 0.5) is 5.13 Å². The highest BCUT2D eigenvalue weighted by Crippen LogP contribution is 2.32. The molecule has 1 heterocycles. The molecule has 0 atom stereocenters. The van der Waals surface area contributed by atoms with E-state index in [0.717, 1.165) is 23.6 Å². The molecule has 5 heteroatoms. The third kappa shape index (κ3) is 4.93. The van der Waals surface area contributed by atoms with Gasteiger partial charge in [-0.05, 0) is 43.0 Å². The van der Waals surface area contributed by atoms with Gasteiger partial charge in [-0.2, -0.15) is 0 Å². The largest absolute Gasteiger partial charge is 0.338 e. The Morgan fingerprint density at radius 2 is 1.89 bits per heavy atom. The van der Waals surface area contributed by atoms with E-state index in [0.29, 0.717) is 13.0 Å². The van der Waals surface area contributed by atoms with Crippen LogP contribution in [0.3, 0.4) is 0 Å². The molecule has 0 aliphatic heterocycles. The number of amides is 1. The molecule has 1 aromatic heterocycles. The van der Waals surface area contributed by atoms with Crippen LogP contribution >= 0.6 is 11.3 Å². The van der Waals surface area contributed by atoms with Crippen molar-refractivity contribution in [2.75, 3.05) is 32.1 Å². The molecule has 0 fully saturated rings. The summed E-state index contributed by atoms with van der Waals surface area (Å²) in [5.41, 5.74) is 4.62. The highest BCUT2D eigenvalue weighted by atomic mass is 32.1. The smallest absolute Gasteiger partial charge is 0.229 e. The van der Waals surface area contributed by atoms with Gasteiger partial charge in [-0.1, -0.05) is 47.7 Å². The number of anilines is 1. The molecule has 0 bridgehead atoms. The van der Waals surface area contributed by atoms with Crippen LogP contribution in [0.2, 0.25) is 0 Å². The Balaban J connectivity index is 1.84. The van der Waals surface area contributed by atoms with Crippen molar-refractivity contribution < 1.29 is 9.69 Å². The Morgan fingerprint density at radius 1 is 1.15 bits per heavy atom. The number of rotatable bonds is 7. The van der Waals surface area contributed by atoms with Gasteiger partial charge in [-0.15, -0.1) is 0 Å². The normalized spacial score (nSPS) is 11.3. The lowest BCUT2D eigenvalue weighted by Gasteiger charge is -2.20. The van der Waals surface area contributed by atoms with Crippen LogP contribution in [0.25, 0.3) is 10.2 Å². The van der Waals surface area contributed by atoms with Crippen LogP contribution in [-0.4, -0.2) is 38.1 Å². The summed E-state index contributed by atoms with van der Waals surface area (Å²) in [6.45, 7) is 5.78. The monoisotopic (exact) mass is 382 g/mol. The Labute approximate surface area is 165 Å². The van der Waals surface area contributed by atoms with Gasteiger partial charge in [0, 0.05) is 6.42 Å². The van der Waals surface area contributed by atoms with Gasteiger partial charge in [-0.3, -0.25) is 9.69 Å². The quantitative estimate of drug-likeness (QED) is 0.682. The molecule has 1 N–H and O–H groups in total. The molecule has 0 radical (unpaired) electrons. The average Bonchev–Trinajstić information content (AvgIpc) is 3.04. The molecular weight excluding hydrogens is 354 g/mol. The number of quaternary nitrogens is 1. The number of likely N-dealkylation sites (N-methyl/N-ethyl adjacent to an activating group) is 1. The maximum Gasteiger partial charge on any atom is 0.229 e. The van der Waals surface area contributed by atoms with E-state index in [-0.39, 0.29) is 5.91 Å². The predicted octanol–water partition coefficient (Wildman–Crippen LogP) is 3.02. The van der Waals surface area contributed by atoms with Gasteiger partial charge in [-0.25, -0.2) is 4.98 Å². The van der Waals surface area contributed by atoms with E-state index in [9.17, 15) is 4.79 Å². The minimum absolute atomic E-state index is 0.147. The molecule has 0 spiro atoms. The SMILES string of the molecule is Cc1cc(C)c2sc(N(CC[NH+](C)C)C(=O)CCc3ccccc3)nc2c1. The third-order valence-corrected chi connectivity index (χ3v) is 5.88. The maximum absolute atomic E-state index is 13.0. The lowest BCUT2D eigenvalue weighted by molar-refractivity contribution is -0.856. The van der Waals surface area contributed by atoms with Gasteiger partial charge < -0.3 is 4.90 Å². The number of carbonyl (C=O) groups excluding carboxylic acids is 1. The molecule has 3 rings (SSSR count). The van der Waals surface area contributed by atoms with E-state index < -0.39 is 0 Å². The summed E-state index contributed by atoms with van der Waals surface area (Å²) in [5.74, 6) is 0.147. The molecule has 27 heavy (non-hydrogen) atoms. The van der Waals surface area contributed by atoms with Crippen molar-refractivity contribution in [2.45, 2.75) is 26.7 Å². The fraction of sp³-hybridized carbons (Fsp3) is 0.364. The minimum Gasteiger partial charge on any atom is -0.338 e. The molecule has 3 aromatic rings. The summed E-state index contributed by atoms with van der Waals surface area (Å²) in [6.07, 6.45) is 1.26. The number of fused-ring (bicyclic) bond motifs is 1. The summed E-state index contributed by atoms with van der Waals surface area (Å²) in [7, 11) is 4.22. The number of aryl methyl sites for hydroxylation is 3. The van der Waals surface area contributed by atoms with Crippen LogP contribution in [0.5, 0.6) is 0 Å². The van der Waals surface area contributed by atoms with E-state index in [1.807, 2.05) is 23.1 Å². The van der Waals surface area contributed by atoms with Gasteiger partial charge in [0.1, 0.15) is 0 Å². The van der Waals surface area contributed by atoms with Crippen LogP contribution in [0, 0.1) is 13.8 Å². The second-order valence-corrected chi connectivity index (χ2v) is 8.39. The van der Waals surface area contributed by atoms with E-state index in [1.54, 1.807) is 11.3 Å². The maximum atomic E-state index is 13.0. The molecule has 0 saturated carbocycles. The summed E-state index contributed by atoms with van der Waals surface area (Å²) in [6, 6.07) is 14.5. The summed E-state index contributed by atoms with van der Waals surface area (Å²) in [4.78, 5) is 21.1. The third-order valence-electron chi connectivity index (χ3n) is 4.65. The first-order chi connectivity index (χ1) is 12.9. The lowest BCUT2D eigenvalue weighted by Crippen LogP contribution is -3.06. The first-order valence-electron chi connectivity index (χ1n) is 9.45. The standard InChI is InChI=1S/C22H27N3OS/c1-16-14-17(2)21-19(15-16)23-22(27-21)25(13-12-24(3)4)20(26)11-10-18-8-6-5-7-9-18/h5-9,14-15H,10-13H2,1-4H3/p+1. The van der Waals surface area contributed by atoms with Crippen molar-refractivity contribution in [2.24, 2.45) is 0 Å². The van der Waals surface area contributed by atoms with Crippen molar-refractivity contribution in [3.8, 4) is 0 Å². The number of carbonyl (C=O) groups is 1. The predicted molar refractivity (Wildman–Crippen MR) is 114 cm³/mol. The van der Waals surface area contributed by atoms with E-state index in [2.05, 4.69) is 52.2 Å². The zero-order chi connectivity index (χ0) is 19.4. The van der Waals surface area contributed by atoms with Crippen LogP contribution in [-0.2, 0) is 11.2 Å².